The molecule has 61 heavy (non-hydrogen) atoms. The summed E-state index contributed by atoms with van der Waals surface area (Å²) >= 11 is 0. The van der Waals surface area contributed by atoms with Crippen molar-refractivity contribution in [1.82, 2.24) is 0 Å². The van der Waals surface area contributed by atoms with Crippen LogP contribution in [0.3, 0.4) is 0 Å². The zero-order valence-electron chi connectivity index (χ0n) is 38.7. The molecule has 0 bridgehead atoms. The van der Waals surface area contributed by atoms with Crippen LogP contribution in [0.5, 0.6) is 17.2 Å². The van der Waals surface area contributed by atoms with E-state index in [0.717, 1.165) is 50.6 Å². The van der Waals surface area contributed by atoms with Gasteiger partial charge in [-0.3, -0.25) is 0 Å². The summed E-state index contributed by atoms with van der Waals surface area (Å²) in [4.78, 5) is 0. The summed E-state index contributed by atoms with van der Waals surface area (Å²) in [5.41, 5.74) is 25.0. The van der Waals surface area contributed by atoms with Gasteiger partial charge >= 0.3 is 0 Å². The van der Waals surface area contributed by atoms with Crippen LogP contribution in [0.1, 0.15) is 100 Å². The number of hydrogen-bond donors (Lipinski definition) is 0. The standard InChI is InChI=1S/C57H57BO3/c1-34-40(7)55(41(8)35(2)52(34)31-22-46-16-25-49(59-13)26-17-46)58(56-42(9)36(3)53(37(4)43(56)10)32-23-47-18-27-50(60-14)28-19-47)57-44(11)38(5)54(39(6)45(57)12)33-24-48-20-29-51(61-15)30-21-48/h16-21,25-30H,1-15H3. The van der Waals surface area contributed by atoms with Gasteiger partial charge in [0.1, 0.15) is 17.2 Å². The van der Waals surface area contributed by atoms with E-state index >= 15 is 0 Å². The minimum atomic E-state index is -0.0528. The van der Waals surface area contributed by atoms with Gasteiger partial charge in [-0.15, -0.1) is 0 Å². The predicted octanol–water partition coefficient (Wildman–Crippen LogP) is 10.1. The maximum absolute atomic E-state index is 5.39. The fraction of sp³-hybridized carbons (Fsp3) is 0.263. The van der Waals surface area contributed by atoms with Crippen LogP contribution in [-0.4, -0.2) is 28.0 Å². The van der Waals surface area contributed by atoms with Crippen molar-refractivity contribution in [2.45, 2.75) is 83.1 Å². The van der Waals surface area contributed by atoms with E-state index in [2.05, 4.69) is 119 Å². The third-order valence-corrected chi connectivity index (χ3v) is 13.2. The molecule has 0 saturated carbocycles. The second kappa shape index (κ2) is 18.4. The molecule has 0 aliphatic heterocycles. The molecular formula is C57H57BO3. The first-order chi connectivity index (χ1) is 29.1. The molecule has 0 heterocycles. The normalized spacial score (nSPS) is 10.5. The van der Waals surface area contributed by atoms with Gasteiger partial charge in [-0.2, -0.15) is 0 Å². The van der Waals surface area contributed by atoms with Crippen molar-refractivity contribution in [2.75, 3.05) is 21.3 Å². The van der Waals surface area contributed by atoms with E-state index in [-0.39, 0.29) is 6.71 Å². The van der Waals surface area contributed by atoms with Crippen LogP contribution >= 0.6 is 0 Å². The molecular weight excluding hydrogens is 743 g/mol. The SMILES string of the molecule is COc1ccc(C#Cc2c(C)c(C)c(B(c3c(C)c(C)c(C#Cc4ccc(OC)cc4)c(C)c3C)c3c(C)c(C)c(C#Cc4ccc(OC)cc4)c(C)c3C)c(C)c2C)cc1. The van der Waals surface area contributed by atoms with Crippen molar-refractivity contribution >= 4 is 23.1 Å². The Balaban J connectivity index is 1.62. The van der Waals surface area contributed by atoms with Crippen LogP contribution < -0.4 is 30.6 Å². The Labute approximate surface area is 366 Å². The fourth-order valence-corrected chi connectivity index (χ4v) is 8.75. The van der Waals surface area contributed by atoms with E-state index in [9.17, 15) is 0 Å². The number of rotatable bonds is 6. The van der Waals surface area contributed by atoms with Gasteiger partial charge in [-0.1, -0.05) is 85.3 Å². The quantitative estimate of drug-likeness (QED) is 0.124. The third kappa shape index (κ3) is 8.58. The molecule has 4 heteroatoms. The Morgan fingerprint density at radius 2 is 0.475 bits per heavy atom. The molecule has 0 spiro atoms. The largest absolute Gasteiger partial charge is 0.497 e. The molecule has 0 unspecified atom stereocenters. The molecule has 0 aromatic heterocycles. The molecule has 6 aromatic rings. The highest BCUT2D eigenvalue weighted by Gasteiger charge is 2.35. The van der Waals surface area contributed by atoms with Crippen LogP contribution in [-0.2, 0) is 0 Å². The summed E-state index contributed by atoms with van der Waals surface area (Å²) in [6, 6.07) is 23.9. The molecule has 0 N–H and O–H groups in total. The molecule has 0 aliphatic carbocycles. The second-order valence-electron chi connectivity index (χ2n) is 16.2. The molecule has 6 rings (SSSR count). The summed E-state index contributed by atoms with van der Waals surface area (Å²) in [7, 11) is 5.05. The zero-order chi connectivity index (χ0) is 44.3. The fourth-order valence-electron chi connectivity index (χ4n) is 8.75. The van der Waals surface area contributed by atoms with E-state index in [4.69, 9.17) is 14.2 Å². The maximum Gasteiger partial charge on any atom is 0.243 e. The van der Waals surface area contributed by atoms with Crippen molar-refractivity contribution in [3.63, 3.8) is 0 Å². The summed E-state index contributed by atoms with van der Waals surface area (Å²) in [6.45, 7) is 27.1. The van der Waals surface area contributed by atoms with Crippen LogP contribution in [0.2, 0.25) is 0 Å². The lowest BCUT2D eigenvalue weighted by atomic mass is 9.32. The molecule has 0 atom stereocenters. The van der Waals surface area contributed by atoms with E-state index in [1.165, 1.54) is 83.1 Å². The van der Waals surface area contributed by atoms with Gasteiger partial charge in [0.15, 0.2) is 0 Å². The van der Waals surface area contributed by atoms with E-state index in [1.54, 1.807) is 21.3 Å². The van der Waals surface area contributed by atoms with Crippen molar-refractivity contribution in [3.8, 4) is 52.8 Å². The monoisotopic (exact) mass is 800 g/mol. The summed E-state index contributed by atoms with van der Waals surface area (Å²) in [5, 5.41) is 0. The first-order valence-electron chi connectivity index (χ1n) is 20.9. The molecule has 0 amide bonds. The summed E-state index contributed by atoms with van der Waals surface area (Å²) in [6.07, 6.45) is 0. The van der Waals surface area contributed by atoms with Gasteiger partial charge in [-0.25, -0.2) is 0 Å². The summed E-state index contributed by atoms with van der Waals surface area (Å²) < 4.78 is 16.2. The zero-order valence-corrected chi connectivity index (χ0v) is 38.7. The van der Waals surface area contributed by atoms with Gasteiger partial charge in [0.25, 0.3) is 0 Å². The van der Waals surface area contributed by atoms with E-state index in [1.807, 2.05) is 72.8 Å². The lowest BCUT2D eigenvalue weighted by molar-refractivity contribution is 0.414. The van der Waals surface area contributed by atoms with Gasteiger partial charge in [0.2, 0.25) is 6.71 Å². The first kappa shape index (κ1) is 44.0. The minimum absolute atomic E-state index is 0.0528. The van der Waals surface area contributed by atoms with Crippen molar-refractivity contribution in [3.05, 3.63) is 173 Å². The molecule has 306 valence electrons. The Morgan fingerprint density at radius 3 is 0.656 bits per heavy atom. The van der Waals surface area contributed by atoms with Crippen molar-refractivity contribution < 1.29 is 14.2 Å². The topological polar surface area (TPSA) is 27.7 Å². The Morgan fingerprint density at radius 1 is 0.279 bits per heavy atom. The number of hydrogen-bond acceptors (Lipinski definition) is 3. The molecule has 3 nitrogen and oxygen atoms in total. The number of methoxy groups -OCH3 is 3. The van der Waals surface area contributed by atoms with E-state index < -0.39 is 0 Å². The van der Waals surface area contributed by atoms with Gasteiger partial charge in [-0.05, 0) is 189 Å². The predicted molar refractivity (Wildman–Crippen MR) is 258 cm³/mol. The second-order valence-corrected chi connectivity index (χ2v) is 16.2. The number of ether oxygens (including phenoxy) is 3. The Kier molecular flexibility index (Phi) is 13.3. The average Bonchev–Trinajstić information content (AvgIpc) is 3.27. The van der Waals surface area contributed by atoms with Gasteiger partial charge in [0.05, 0.1) is 21.3 Å². The van der Waals surface area contributed by atoms with Crippen LogP contribution in [0.4, 0.5) is 0 Å². The highest BCUT2D eigenvalue weighted by molar-refractivity contribution is 6.97. The van der Waals surface area contributed by atoms with Gasteiger partial charge in [0, 0.05) is 33.4 Å². The highest BCUT2D eigenvalue weighted by atomic mass is 16.5. The smallest absolute Gasteiger partial charge is 0.243 e. The first-order valence-corrected chi connectivity index (χ1v) is 20.9. The minimum Gasteiger partial charge on any atom is -0.497 e. The van der Waals surface area contributed by atoms with Crippen LogP contribution in [0, 0.1) is 119 Å². The van der Waals surface area contributed by atoms with Gasteiger partial charge < -0.3 is 14.2 Å². The van der Waals surface area contributed by atoms with Crippen molar-refractivity contribution in [2.24, 2.45) is 0 Å². The number of benzene rings is 6. The highest BCUT2D eigenvalue weighted by Crippen LogP contribution is 2.28. The Hall–Kier alpha value is -6.54. The molecule has 6 aromatic carbocycles. The van der Waals surface area contributed by atoms with E-state index in [0.29, 0.717) is 0 Å². The lowest BCUT2D eigenvalue weighted by Crippen LogP contribution is -2.58. The molecule has 0 saturated heterocycles. The molecule has 0 fully saturated rings. The molecule has 0 aliphatic rings. The van der Waals surface area contributed by atoms with Crippen LogP contribution in [0.15, 0.2) is 72.8 Å². The average molecular weight is 801 g/mol. The Bertz CT molecular complexity index is 2460. The van der Waals surface area contributed by atoms with Crippen LogP contribution in [0.25, 0.3) is 0 Å². The molecule has 0 radical (unpaired) electrons. The van der Waals surface area contributed by atoms with Crippen molar-refractivity contribution in [1.29, 1.82) is 0 Å². The third-order valence-electron chi connectivity index (χ3n) is 13.2. The maximum atomic E-state index is 5.39. The lowest BCUT2D eigenvalue weighted by Gasteiger charge is -2.31. The summed E-state index contributed by atoms with van der Waals surface area (Å²) in [5.74, 6) is 23.6.